The van der Waals surface area contributed by atoms with E-state index in [1.807, 2.05) is 20.8 Å². The Morgan fingerprint density at radius 1 is 1.42 bits per heavy atom. The van der Waals surface area contributed by atoms with Gasteiger partial charge < -0.3 is 14.9 Å². The van der Waals surface area contributed by atoms with Crippen molar-refractivity contribution in [3.63, 3.8) is 0 Å². The zero-order valence-electron chi connectivity index (χ0n) is 11.9. The van der Waals surface area contributed by atoms with Crippen molar-refractivity contribution in [2.75, 3.05) is 6.61 Å². The normalized spacial score (nSPS) is 15.3. The Kier molecular flexibility index (Phi) is 4.65. The summed E-state index contributed by atoms with van der Waals surface area (Å²) in [5.74, 6) is -0.391. The van der Waals surface area contributed by atoms with Crippen molar-refractivity contribution in [2.24, 2.45) is 0 Å². The quantitative estimate of drug-likeness (QED) is 0.831. The van der Waals surface area contributed by atoms with Gasteiger partial charge >= 0.3 is 5.97 Å². The summed E-state index contributed by atoms with van der Waals surface area (Å²) in [6.07, 6.45) is -0.891. The topological polar surface area (TPSA) is 97.5 Å². The van der Waals surface area contributed by atoms with Crippen LogP contribution in [0, 0.1) is 6.92 Å². The number of hydrogen-bond acceptors (Lipinski definition) is 5. The summed E-state index contributed by atoms with van der Waals surface area (Å²) < 4.78 is 6.93. The highest BCUT2D eigenvalue weighted by molar-refractivity contribution is 5.72. The van der Waals surface area contributed by atoms with Crippen LogP contribution in [0.2, 0.25) is 0 Å². The molecule has 0 fully saturated rings. The van der Waals surface area contributed by atoms with Crippen LogP contribution in [0.1, 0.15) is 51.5 Å². The molecule has 2 unspecified atom stereocenters. The Morgan fingerprint density at radius 3 is 2.42 bits per heavy atom. The van der Waals surface area contributed by atoms with Crippen LogP contribution in [0.4, 0.5) is 0 Å². The second-order valence-corrected chi connectivity index (χ2v) is 5.43. The third kappa shape index (κ3) is 4.00. The first-order valence-corrected chi connectivity index (χ1v) is 6.09. The molecule has 0 spiro atoms. The molecule has 2 atom stereocenters. The molecule has 0 aliphatic rings. The molecule has 0 saturated carbocycles. The molecular formula is C12H21N3O4. The Bertz CT molecular complexity index is 448. The summed E-state index contributed by atoms with van der Waals surface area (Å²) >= 11 is 0. The number of nitrogens with zero attached hydrogens (tertiary/aromatic N) is 3. The fraction of sp³-hybridized carbons (Fsp3) is 0.750. The number of carboxylic acid groups (broad SMARTS) is 1. The maximum atomic E-state index is 11.4. The standard InChI is InChI=1S/C12H21N3O4/c1-7(16)10-14-13-8(2)15(10)9(11(17)18)6-19-12(3,4)5/h7,9,16H,6H2,1-5H3,(H,17,18). The first kappa shape index (κ1) is 15.6. The molecule has 0 aliphatic heterocycles. The van der Waals surface area contributed by atoms with Gasteiger partial charge in [-0.1, -0.05) is 0 Å². The van der Waals surface area contributed by atoms with E-state index in [4.69, 9.17) is 4.74 Å². The number of aliphatic hydroxyl groups excluding tert-OH is 1. The third-order valence-electron chi connectivity index (χ3n) is 2.54. The van der Waals surface area contributed by atoms with Crippen LogP contribution >= 0.6 is 0 Å². The molecule has 108 valence electrons. The summed E-state index contributed by atoms with van der Waals surface area (Å²) in [4.78, 5) is 11.4. The number of rotatable bonds is 5. The molecular weight excluding hydrogens is 250 g/mol. The number of aromatic nitrogens is 3. The van der Waals surface area contributed by atoms with Gasteiger partial charge in [0.2, 0.25) is 0 Å². The van der Waals surface area contributed by atoms with Crippen molar-refractivity contribution in [3.05, 3.63) is 11.6 Å². The second-order valence-electron chi connectivity index (χ2n) is 5.43. The molecule has 1 aromatic rings. The van der Waals surface area contributed by atoms with Gasteiger partial charge in [-0.15, -0.1) is 10.2 Å². The number of aryl methyl sites for hydroxylation is 1. The second kappa shape index (κ2) is 5.66. The predicted molar refractivity (Wildman–Crippen MR) is 67.8 cm³/mol. The number of hydrogen-bond donors (Lipinski definition) is 2. The molecule has 1 heterocycles. The van der Waals surface area contributed by atoms with Crippen LogP contribution in [0.25, 0.3) is 0 Å². The Balaban J connectivity index is 3.06. The number of aliphatic carboxylic acids is 1. The van der Waals surface area contributed by atoms with Crippen LogP contribution in [0.3, 0.4) is 0 Å². The van der Waals surface area contributed by atoms with Gasteiger partial charge in [0.05, 0.1) is 12.2 Å². The molecule has 7 heteroatoms. The van der Waals surface area contributed by atoms with Crippen LogP contribution in [-0.2, 0) is 9.53 Å². The largest absolute Gasteiger partial charge is 0.480 e. The maximum Gasteiger partial charge on any atom is 0.329 e. The van der Waals surface area contributed by atoms with E-state index < -0.39 is 23.7 Å². The Labute approximate surface area is 112 Å². The minimum absolute atomic E-state index is 0.0164. The summed E-state index contributed by atoms with van der Waals surface area (Å²) in [5, 5.41) is 26.6. The first-order chi connectivity index (χ1) is 8.63. The van der Waals surface area contributed by atoms with Gasteiger partial charge in [0.1, 0.15) is 11.9 Å². The zero-order valence-corrected chi connectivity index (χ0v) is 11.9. The van der Waals surface area contributed by atoms with Crippen LogP contribution < -0.4 is 0 Å². The minimum atomic E-state index is -1.05. The zero-order chi connectivity index (χ0) is 14.8. The monoisotopic (exact) mass is 271 g/mol. The number of aliphatic hydroxyl groups is 1. The van der Waals surface area contributed by atoms with E-state index in [-0.39, 0.29) is 12.4 Å². The average molecular weight is 271 g/mol. The minimum Gasteiger partial charge on any atom is -0.480 e. The number of carbonyl (C=O) groups is 1. The summed E-state index contributed by atoms with van der Waals surface area (Å²) in [7, 11) is 0. The van der Waals surface area contributed by atoms with Crippen molar-refractivity contribution in [2.45, 2.75) is 52.4 Å². The van der Waals surface area contributed by atoms with Crippen molar-refractivity contribution < 1.29 is 19.7 Å². The fourth-order valence-corrected chi connectivity index (χ4v) is 1.64. The van der Waals surface area contributed by atoms with Gasteiger partial charge in [-0.3, -0.25) is 4.57 Å². The number of carboxylic acids is 1. The molecule has 1 rings (SSSR count). The lowest BCUT2D eigenvalue weighted by molar-refractivity contribution is -0.145. The van der Waals surface area contributed by atoms with Gasteiger partial charge in [0, 0.05) is 0 Å². The molecule has 0 aromatic carbocycles. The average Bonchev–Trinajstić information content (AvgIpc) is 2.59. The highest BCUT2D eigenvalue weighted by Crippen LogP contribution is 2.20. The predicted octanol–water partition coefficient (Wildman–Crippen LogP) is 1.08. The van der Waals surface area contributed by atoms with E-state index in [0.717, 1.165) is 0 Å². The van der Waals surface area contributed by atoms with Gasteiger partial charge in [0.15, 0.2) is 11.9 Å². The van der Waals surface area contributed by atoms with Gasteiger partial charge in [-0.25, -0.2) is 4.79 Å². The lowest BCUT2D eigenvalue weighted by Gasteiger charge is -2.24. The van der Waals surface area contributed by atoms with Crippen molar-refractivity contribution >= 4 is 5.97 Å². The molecule has 1 aromatic heterocycles. The SMILES string of the molecule is Cc1nnc(C(C)O)n1C(COC(C)(C)C)C(=O)O. The van der Waals surface area contributed by atoms with E-state index in [9.17, 15) is 15.0 Å². The molecule has 0 aliphatic carbocycles. The molecule has 0 amide bonds. The highest BCUT2D eigenvalue weighted by Gasteiger charge is 2.28. The van der Waals surface area contributed by atoms with E-state index in [1.165, 1.54) is 11.5 Å². The molecule has 19 heavy (non-hydrogen) atoms. The van der Waals surface area contributed by atoms with Crippen LogP contribution in [0.5, 0.6) is 0 Å². The van der Waals surface area contributed by atoms with E-state index in [2.05, 4.69) is 10.2 Å². The first-order valence-electron chi connectivity index (χ1n) is 6.09. The van der Waals surface area contributed by atoms with Crippen molar-refractivity contribution in [3.8, 4) is 0 Å². The van der Waals surface area contributed by atoms with Gasteiger partial charge in [-0.05, 0) is 34.6 Å². The van der Waals surface area contributed by atoms with Crippen LogP contribution in [0.15, 0.2) is 0 Å². The Morgan fingerprint density at radius 2 is 2.00 bits per heavy atom. The van der Waals surface area contributed by atoms with Crippen molar-refractivity contribution in [1.82, 2.24) is 14.8 Å². The van der Waals surface area contributed by atoms with E-state index >= 15 is 0 Å². The fourth-order valence-electron chi connectivity index (χ4n) is 1.64. The summed E-state index contributed by atoms with van der Waals surface area (Å²) in [6.45, 7) is 8.69. The number of ether oxygens (including phenoxy) is 1. The molecule has 2 N–H and O–H groups in total. The van der Waals surface area contributed by atoms with Crippen LogP contribution in [-0.4, -0.2) is 43.2 Å². The highest BCUT2D eigenvalue weighted by atomic mass is 16.5. The van der Waals surface area contributed by atoms with E-state index in [1.54, 1.807) is 6.92 Å². The lowest BCUT2D eigenvalue weighted by Crippen LogP contribution is -2.31. The lowest BCUT2D eigenvalue weighted by atomic mass is 10.2. The van der Waals surface area contributed by atoms with Gasteiger partial charge in [0.25, 0.3) is 0 Å². The van der Waals surface area contributed by atoms with E-state index in [0.29, 0.717) is 5.82 Å². The van der Waals surface area contributed by atoms with Gasteiger partial charge in [-0.2, -0.15) is 0 Å². The maximum absolute atomic E-state index is 11.4. The Hall–Kier alpha value is -1.47. The smallest absolute Gasteiger partial charge is 0.329 e. The molecule has 0 bridgehead atoms. The molecule has 7 nitrogen and oxygen atoms in total. The summed E-state index contributed by atoms with van der Waals surface area (Å²) in [5.41, 5.74) is -0.444. The van der Waals surface area contributed by atoms with Crippen molar-refractivity contribution in [1.29, 1.82) is 0 Å². The third-order valence-corrected chi connectivity index (χ3v) is 2.54. The molecule has 0 saturated heterocycles. The molecule has 0 radical (unpaired) electrons. The summed E-state index contributed by atoms with van der Waals surface area (Å²) in [6, 6.07) is -0.959.